The molecule has 2 N–H and O–H groups in total. The Labute approximate surface area is 133 Å². The van der Waals surface area contributed by atoms with E-state index in [9.17, 15) is 4.79 Å². The molecule has 4 nitrogen and oxygen atoms in total. The lowest BCUT2D eigenvalue weighted by Crippen LogP contribution is -2.12. The van der Waals surface area contributed by atoms with E-state index in [1.807, 2.05) is 6.07 Å². The van der Waals surface area contributed by atoms with Crippen molar-refractivity contribution >= 4 is 56.8 Å². The van der Waals surface area contributed by atoms with Gasteiger partial charge >= 0.3 is 0 Å². The van der Waals surface area contributed by atoms with E-state index >= 15 is 0 Å². The van der Waals surface area contributed by atoms with Crippen molar-refractivity contribution in [2.75, 3.05) is 5.32 Å². The molecule has 20 heavy (non-hydrogen) atoms. The van der Waals surface area contributed by atoms with Gasteiger partial charge in [-0.1, -0.05) is 11.6 Å². The molecule has 0 spiro atoms. The Morgan fingerprint density at radius 2 is 2.10 bits per heavy atom. The van der Waals surface area contributed by atoms with Crippen LogP contribution in [0.3, 0.4) is 0 Å². The molecule has 0 aliphatic carbocycles. The fourth-order valence-corrected chi connectivity index (χ4v) is 2.77. The SMILES string of the molecule is O=C(Nc1ccc(I)cc1Cl)c1ccc2nc[nH]c2c1. The molecule has 100 valence electrons. The molecule has 3 rings (SSSR count). The molecule has 0 unspecified atom stereocenters. The number of benzene rings is 2. The fourth-order valence-electron chi connectivity index (χ4n) is 1.86. The summed E-state index contributed by atoms with van der Waals surface area (Å²) in [6.45, 7) is 0. The number of rotatable bonds is 2. The van der Waals surface area contributed by atoms with E-state index < -0.39 is 0 Å². The number of hydrogen-bond donors (Lipinski definition) is 2. The van der Waals surface area contributed by atoms with Crippen LogP contribution in [0.2, 0.25) is 5.02 Å². The number of carbonyl (C=O) groups is 1. The molecule has 1 amide bonds. The second kappa shape index (κ2) is 5.41. The topological polar surface area (TPSA) is 57.8 Å². The number of hydrogen-bond acceptors (Lipinski definition) is 2. The quantitative estimate of drug-likeness (QED) is 0.640. The van der Waals surface area contributed by atoms with Gasteiger partial charge in [0.1, 0.15) is 0 Å². The van der Waals surface area contributed by atoms with Gasteiger partial charge in [0, 0.05) is 9.13 Å². The number of amides is 1. The summed E-state index contributed by atoms with van der Waals surface area (Å²) in [5, 5.41) is 3.32. The van der Waals surface area contributed by atoms with Crippen LogP contribution in [0.15, 0.2) is 42.7 Å². The van der Waals surface area contributed by atoms with Crippen LogP contribution in [-0.4, -0.2) is 15.9 Å². The molecule has 0 aliphatic rings. The molecule has 0 aliphatic heterocycles. The van der Waals surface area contributed by atoms with E-state index in [2.05, 4.69) is 37.9 Å². The molecule has 6 heteroatoms. The van der Waals surface area contributed by atoms with Crippen molar-refractivity contribution in [2.24, 2.45) is 0 Å². The molecule has 3 aromatic rings. The number of aromatic nitrogens is 2. The molecule has 0 radical (unpaired) electrons. The number of fused-ring (bicyclic) bond motifs is 1. The second-order valence-corrected chi connectivity index (χ2v) is 5.87. The summed E-state index contributed by atoms with van der Waals surface area (Å²) in [4.78, 5) is 19.3. The Morgan fingerprint density at radius 1 is 1.25 bits per heavy atom. The van der Waals surface area contributed by atoms with Gasteiger partial charge in [0.25, 0.3) is 5.91 Å². The van der Waals surface area contributed by atoms with Gasteiger partial charge in [-0.25, -0.2) is 4.98 Å². The lowest BCUT2D eigenvalue weighted by Gasteiger charge is -2.07. The number of anilines is 1. The molecular weight excluding hydrogens is 389 g/mol. The maximum absolute atomic E-state index is 12.2. The highest BCUT2D eigenvalue weighted by atomic mass is 127. The van der Waals surface area contributed by atoms with E-state index in [4.69, 9.17) is 11.6 Å². The van der Waals surface area contributed by atoms with E-state index in [0.717, 1.165) is 14.6 Å². The average molecular weight is 398 g/mol. The molecule has 0 atom stereocenters. The first kappa shape index (κ1) is 13.4. The van der Waals surface area contributed by atoms with Crippen LogP contribution in [0.1, 0.15) is 10.4 Å². The number of carbonyl (C=O) groups excluding carboxylic acids is 1. The lowest BCUT2D eigenvalue weighted by molar-refractivity contribution is 0.102. The van der Waals surface area contributed by atoms with Gasteiger partial charge < -0.3 is 10.3 Å². The van der Waals surface area contributed by atoms with Crippen LogP contribution in [0.25, 0.3) is 11.0 Å². The van der Waals surface area contributed by atoms with E-state index in [0.29, 0.717) is 16.3 Å². The van der Waals surface area contributed by atoms with Crippen LogP contribution >= 0.6 is 34.2 Å². The van der Waals surface area contributed by atoms with Gasteiger partial charge in [0.15, 0.2) is 0 Å². The normalized spacial score (nSPS) is 10.7. The summed E-state index contributed by atoms with van der Waals surface area (Å²) in [6, 6.07) is 10.8. The minimum atomic E-state index is -0.204. The first-order valence-electron chi connectivity index (χ1n) is 5.83. The van der Waals surface area contributed by atoms with Crippen molar-refractivity contribution in [1.82, 2.24) is 9.97 Å². The minimum Gasteiger partial charge on any atom is -0.345 e. The van der Waals surface area contributed by atoms with Gasteiger partial charge in [-0.05, 0) is 59.0 Å². The van der Waals surface area contributed by atoms with Gasteiger partial charge in [-0.2, -0.15) is 0 Å². The number of imidazole rings is 1. The van der Waals surface area contributed by atoms with Crippen LogP contribution in [0, 0.1) is 3.57 Å². The van der Waals surface area contributed by atoms with Crippen LogP contribution in [0.5, 0.6) is 0 Å². The maximum atomic E-state index is 12.2. The zero-order chi connectivity index (χ0) is 14.1. The molecule has 1 aromatic heterocycles. The lowest BCUT2D eigenvalue weighted by atomic mass is 10.2. The van der Waals surface area contributed by atoms with Crippen molar-refractivity contribution < 1.29 is 4.79 Å². The van der Waals surface area contributed by atoms with Crippen LogP contribution in [-0.2, 0) is 0 Å². The van der Waals surface area contributed by atoms with Crippen molar-refractivity contribution in [3.63, 3.8) is 0 Å². The van der Waals surface area contributed by atoms with Gasteiger partial charge in [-0.3, -0.25) is 4.79 Å². The summed E-state index contributed by atoms with van der Waals surface area (Å²) in [5.74, 6) is -0.204. The number of aromatic amines is 1. The Balaban J connectivity index is 1.88. The third-order valence-electron chi connectivity index (χ3n) is 2.86. The fraction of sp³-hybridized carbons (Fsp3) is 0. The van der Waals surface area contributed by atoms with Crippen LogP contribution in [0.4, 0.5) is 5.69 Å². The highest BCUT2D eigenvalue weighted by Crippen LogP contribution is 2.24. The summed E-state index contributed by atoms with van der Waals surface area (Å²) in [6.07, 6.45) is 1.60. The molecule has 0 bridgehead atoms. The largest absolute Gasteiger partial charge is 0.345 e. The van der Waals surface area contributed by atoms with Crippen LogP contribution < -0.4 is 5.32 Å². The highest BCUT2D eigenvalue weighted by Gasteiger charge is 2.10. The summed E-state index contributed by atoms with van der Waals surface area (Å²) < 4.78 is 1.02. The zero-order valence-electron chi connectivity index (χ0n) is 10.2. The summed E-state index contributed by atoms with van der Waals surface area (Å²) in [7, 11) is 0. The zero-order valence-corrected chi connectivity index (χ0v) is 13.1. The monoisotopic (exact) mass is 397 g/mol. The Hall–Kier alpha value is -1.60. The Bertz CT molecular complexity index is 800. The number of nitrogens with one attached hydrogen (secondary N) is 2. The highest BCUT2D eigenvalue weighted by molar-refractivity contribution is 14.1. The van der Waals surface area contributed by atoms with Crippen molar-refractivity contribution in [3.05, 3.63) is 56.9 Å². The Kier molecular flexibility index (Phi) is 3.62. The Morgan fingerprint density at radius 3 is 2.90 bits per heavy atom. The molecule has 0 saturated heterocycles. The third kappa shape index (κ3) is 2.64. The predicted octanol–water partition coefficient (Wildman–Crippen LogP) is 4.07. The molecule has 2 aromatic carbocycles. The smallest absolute Gasteiger partial charge is 0.255 e. The summed E-state index contributed by atoms with van der Waals surface area (Å²) in [5.41, 5.74) is 2.80. The van der Waals surface area contributed by atoms with E-state index in [-0.39, 0.29) is 5.91 Å². The van der Waals surface area contributed by atoms with Crippen molar-refractivity contribution in [1.29, 1.82) is 0 Å². The summed E-state index contributed by atoms with van der Waals surface area (Å²) >= 11 is 8.27. The second-order valence-electron chi connectivity index (χ2n) is 4.21. The number of nitrogens with zero attached hydrogens (tertiary/aromatic N) is 1. The molecule has 1 heterocycles. The number of halogens is 2. The van der Waals surface area contributed by atoms with Crippen molar-refractivity contribution in [3.8, 4) is 0 Å². The third-order valence-corrected chi connectivity index (χ3v) is 3.85. The standard InChI is InChI=1S/C14H9ClIN3O/c15-10-6-9(16)2-4-11(10)19-14(20)8-1-3-12-13(5-8)18-7-17-12/h1-7H,(H,17,18)(H,19,20). The van der Waals surface area contributed by atoms with Gasteiger partial charge in [0.2, 0.25) is 0 Å². The number of H-pyrrole nitrogens is 1. The van der Waals surface area contributed by atoms with Gasteiger partial charge in [0.05, 0.1) is 28.1 Å². The van der Waals surface area contributed by atoms with Crippen molar-refractivity contribution in [2.45, 2.75) is 0 Å². The molecule has 0 fully saturated rings. The molecular formula is C14H9ClIN3O. The minimum absolute atomic E-state index is 0.204. The van der Waals surface area contributed by atoms with Gasteiger partial charge in [-0.15, -0.1) is 0 Å². The van der Waals surface area contributed by atoms with E-state index in [1.54, 1.807) is 36.7 Å². The predicted molar refractivity (Wildman–Crippen MR) is 88.2 cm³/mol. The first-order chi connectivity index (χ1) is 9.63. The maximum Gasteiger partial charge on any atom is 0.255 e. The van der Waals surface area contributed by atoms with E-state index in [1.165, 1.54) is 0 Å². The average Bonchev–Trinajstić information content (AvgIpc) is 2.89. The first-order valence-corrected chi connectivity index (χ1v) is 7.29. The molecule has 0 saturated carbocycles.